The van der Waals surface area contributed by atoms with Crippen LogP contribution in [0.2, 0.25) is 0 Å². The molecule has 0 bridgehead atoms. The van der Waals surface area contributed by atoms with Gasteiger partial charge in [-0.3, -0.25) is 0 Å². The Labute approximate surface area is 92.5 Å². The molecule has 0 saturated carbocycles. The second kappa shape index (κ2) is 6.07. The summed E-state index contributed by atoms with van der Waals surface area (Å²) in [7, 11) is 0. The molecule has 1 nitrogen and oxygen atoms in total. The highest BCUT2D eigenvalue weighted by Crippen LogP contribution is 2.12. The van der Waals surface area contributed by atoms with E-state index >= 15 is 0 Å². The van der Waals surface area contributed by atoms with Crippen LogP contribution in [0.4, 0.5) is 5.69 Å². The molecule has 1 aromatic carbocycles. The van der Waals surface area contributed by atoms with Gasteiger partial charge in [-0.15, -0.1) is 0 Å². The van der Waals surface area contributed by atoms with E-state index in [0.29, 0.717) is 0 Å². The molecule has 0 fully saturated rings. The summed E-state index contributed by atoms with van der Waals surface area (Å²) in [4.78, 5) is 0. The SMILES string of the molecule is C/C=C\C=C(/C)Nc1ccc(CC)cc1. The van der Waals surface area contributed by atoms with Crippen LogP contribution >= 0.6 is 0 Å². The largest absolute Gasteiger partial charge is 0.359 e. The minimum atomic E-state index is 1.09. The van der Waals surface area contributed by atoms with Crippen molar-refractivity contribution in [2.24, 2.45) is 0 Å². The average Bonchev–Trinajstić information content (AvgIpc) is 2.27. The lowest BCUT2D eigenvalue weighted by atomic mass is 10.1. The number of allylic oxidation sites excluding steroid dienone is 4. The number of hydrogen-bond acceptors (Lipinski definition) is 1. The van der Waals surface area contributed by atoms with Gasteiger partial charge in [0.25, 0.3) is 0 Å². The molecule has 0 amide bonds. The minimum absolute atomic E-state index is 1.09. The van der Waals surface area contributed by atoms with Crippen molar-refractivity contribution in [3.63, 3.8) is 0 Å². The molecule has 1 rings (SSSR count). The zero-order valence-corrected chi connectivity index (χ0v) is 9.75. The summed E-state index contributed by atoms with van der Waals surface area (Å²) in [6.07, 6.45) is 7.20. The fourth-order valence-electron chi connectivity index (χ4n) is 1.33. The molecule has 0 heterocycles. The van der Waals surface area contributed by atoms with Crippen LogP contribution in [0, 0.1) is 0 Å². The number of anilines is 1. The van der Waals surface area contributed by atoms with E-state index in [-0.39, 0.29) is 0 Å². The number of benzene rings is 1. The normalized spacial score (nSPS) is 12.1. The van der Waals surface area contributed by atoms with E-state index in [1.807, 2.05) is 19.1 Å². The Balaban J connectivity index is 2.64. The molecule has 0 atom stereocenters. The van der Waals surface area contributed by atoms with Gasteiger partial charge < -0.3 is 5.32 Å². The maximum Gasteiger partial charge on any atom is 0.0381 e. The third-order valence-corrected chi connectivity index (χ3v) is 2.24. The summed E-state index contributed by atoms with van der Waals surface area (Å²) in [6.45, 7) is 6.24. The van der Waals surface area contributed by atoms with Crippen LogP contribution in [0.5, 0.6) is 0 Å². The summed E-state index contributed by atoms with van der Waals surface area (Å²) in [5.74, 6) is 0. The van der Waals surface area contributed by atoms with Crippen molar-refractivity contribution in [3.8, 4) is 0 Å². The highest BCUT2D eigenvalue weighted by molar-refractivity contribution is 5.49. The predicted octanol–water partition coefficient (Wildman–Crippen LogP) is 4.14. The van der Waals surface area contributed by atoms with Gasteiger partial charge in [-0.1, -0.05) is 31.2 Å². The first-order chi connectivity index (χ1) is 7.26. The van der Waals surface area contributed by atoms with Crippen LogP contribution in [0.1, 0.15) is 26.3 Å². The molecular weight excluding hydrogens is 182 g/mol. The topological polar surface area (TPSA) is 12.0 Å². The molecule has 0 aliphatic heterocycles. The van der Waals surface area contributed by atoms with Crippen LogP contribution in [0.25, 0.3) is 0 Å². The lowest BCUT2D eigenvalue weighted by Gasteiger charge is -2.06. The molecule has 0 radical (unpaired) electrons. The van der Waals surface area contributed by atoms with Crippen LogP contribution in [0.3, 0.4) is 0 Å². The standard InChI is InChI=1S/C14H19N/c1-4-6-7-12(3)15-14-10-8-13(5-2)9-11-14/h4,6-11,15H,5H2,1-3H3/b6-4-,12-7+. The molecule has 1 aromatic rings. The molecule has 0 aliphatic rings. The Bertz CT molecular complexity index is 344. The zero-order valence-electron chi connectivity index (χ0n) is 9.75. The first kappa shape index (κ1) is 11.6. The molecular formula is C14H19N. The minimum Gasteiger partial charge on any atom is -0.359 e. The Kier molecular flexibility index (Phi) is 4.69. The first-order valence-electron chi connectivity index (χ1n) is 5.41. The molecule has 0 spiro atoms. The van der Waals surface area contributed by atoms with Crippen molar-refractivity contribution in [1.82, 2.24) is 0 Å². The van der Waals surface area contributed by atoms with Gasteiger partial charge in [-0.2, -0.15) is 0 Å². The van der Waals surface area contributed by atoms with Crippen molar-refractivity contribution in [3.05, 3.63) is 53.8 Å². The number of hydrogen-bond donors (Lipinski definition) is 1. The van der Waals surface area contributed by atoms with Crippen molar-refractivity contribution in [1.29, 1.82) is 0 Å². The average molecular weight is 201 g/mol. The van der Waals surface area contributed by atoms with Gasteiger partial charge in [-0.05, 0) is 44.0 Å². The monoisotopic (exact) mass is 201 g/mol. The number of rotatable bonds is 4. The second-order valence-corrected chi connectivity index (χ2v) is 3.55. The maximum atomic E-state index is 3.34. The van der Waals surface area contributed by atoms with E-state index in [1.165, 1.54) is 5.56 Å². The number of aryl methyl sites for hydroxylation is 1. The Morgan fingerprint density at radius 3 is 2.47 bits per heavy atom. The summed E-state index contributed by atoms with van der Waals surface area (Å²) < 4.78 is 0. The quantitative estimate of drug-likeness (QED) is 0.722. The Morgan fingerprint density at radius 2 is 1.93 bits per heavy atom. The first-order valence-corrected chi connectivity index (χ1v) is 5.41. The molecule has 1 N–H and O–H groups in total. The zero-order chi connectivity index (χ0) is 11.1. The fraction of sp³-hybridized carbons (Fsp3) is 0.286. The van der Waals surface area contributed by atoms with Gasteiger partial charge in [0.1, 0.15) is 0 Å². The van der Waals surface area contributed by atoms with Crippen molar-refractivity contribution >= 4 is 5.69 Å². The van der Waals surface area contributed by atoms with Crippen molar-refractivity contribution in [2.45, 2.75) is 27.2 Å². The molecule has 1 heteroatoms. The summed E-state index contributed by atoms with van der Waals surface area (Å²) in [5.41, 5.74) is 3.67. The van der Waals surface area contributed by atoms with Gasteiger partial charge >= 0.3 is 0 Å². The van der Waals surface area contributed by atoms with Crippen LogP contribution in [0.15, 0.2) is 48.2 Å². The highest BCUT2D eigenvalue weighted by atomic mass is 14.9. The Morgan fingerprint density at radius 1 is 1.27 bits per heavy atom. The van der Waals surface area contributed by atoms with Gasteiger partial charge in [0.05, 0.1) is 0 Å². The second-order valence-electron chi connectivity index (χ2n) is 3.55. The van der Waals surface area contributed by atoms with Gasteiger partial charge in [-0.25, -0.2) is 0 Å². The smallest absolute Gasteiger partial charge is 0.0381 e. The summed E-state index contributed by atoms with van der Waals surface area (Å²) in [5, 5.41) is 3.34. The molecule has 15 heavy (non-hydrogen) atoms. The Hall–Kier alpha value is -1.50. The van der Waals surface area contributed by atoms with E-state index in [4.69, 9.17) is 0 Å². The van der Waals surface area contributed by atoms with Gasteiger partial charge in [0.15, 0.2) is 0 Å². The molecule has 0 aliphatic carbocycles. The number of nitrogens with one attached hydrogen (secondary N) is 1. The van der Waals surface area contributed by atoms with E-state index in [0.717, 1.165) is 17.8 Å². The molecule has 0 unspecified atom stereocenters. The van der Waals surface area contributed by atoms with Crippen molar-refractivity contribution < 1.29 is 0 Å². The molecule has 0 aromatic heterocycles. The third-order valence-electron chi connectivity index (χ3n) is 2.24. The maximum absolute atomic E-state index is 3.34. The van der Waals surface area contributed by atoms with Crippen LogP contribution in [-0.2, 0) is 6.42 Å². The van der Waals surface area contributed by atoms with Gasteiger partial charge in [0, 0.05) is 11.4 Å². The van der Waals surface area contributed by atoms with E-state index in [9.17, 15) is 0 Å². The van der Waals surface area contributed by atoms with E-state index in [2.05, 4.69) is 49.5 Å². The summed E-state index contributed by atoms with van der Waals surface area (Å²) >= 11 is 0. The lowest BCUT2D eigenvalue weighted by Crippen LogP contribution is -1.94. The van der Waals surface area contributed by atoms with Crippen LogP contribution < -0.4 is 5.32 Å². The van der Waals surface area contributed by atoms with Crippen LogP contribution in [-0.4, -0.2) is 0 Å². The lowest BCUT2D eigenvalue weighted by molar-refractivity contribution is 1.14. The molecule has 80 valence electrons. The highest BCUT2D eigenvalue weighted by Gasteiger charge is 1.92. The van der Waals surface area contributed by atoms with E-state index < -0.39 is 0 Å². The van der Waals surface area contributed by atoms with E-state index in [1.54, 1.807) is 0 Å². The molecule has 0 saturated heterocycles. The summed E-state index contributed by atoms with van der Waals surface area (Å²) in [6, 6.07) is 8.55. The third kappa shape index (κ3) is 4.03. The predicted molar refractivity (Wildman–Crippen MR) is 68.0 cm³/mol. The fourth-order valence-corrected chi connectivity index (χ4v) is 1.33. The van der Waals surface area contributed by atoms with Gasteiger partial charge in [0.2, 0.25) is 0 Å². The van der Waals surface area contributed by atoms with Crippen molar-refractivity contribution in [2.75, 3.05) is 5.32 Å².